The summed E-state index contributed by atoms with van der Waals surface area (Å²) in [5, 5.41) is 4.81. The van der Waals surface area contributed by atoms with Gasteiger partial charge in [0.2, 0.25) is 0 Å². The van der Waals surface area contributed by atoms with Gasteiger partial charge in [-0.15, -0.1) is 13.2 Å². The Balaban J connectivity index is 1.20. The minimum absolute atomic E-state index is 0.137. The second-order valence-corrected chi connectivity index (χ2v) is 10.8. The lowest BCUT2D eigenvalue weighted by atomic mass is 9.88. The monoisotopic (exact) mass is 491 g/mol. The molecule has 2 aromatic heterocycles. The summed E-state index contributed by atoms with van der Waals surface area (Å²) < 4.78 is 50.5. The normalized spacial score (nSPS) is 30.3. The zero-order chi connectivity index (χ0) is 24.5. The van der Waals surface area contributed by atoms with E-state index in [1.54, 1.807) is 0 Å². The van der Waals surface area contributed by atoms with Crippen LogP contribution in [0.15, 0.2) is 18.3 Å². The predicted molar refractivity (Wildman–Crippen MR) is 124 cm³/mol. The van der Waals surface area contributed by atoms with Crippen molar-refractivity contribution in [3.63, 3.8) is 0 Å². The van der Waals surface area contributed by atoms with Crippen LogP contribution < -0.4 is 10.5 Å². The Labute approximate surface area is 202 Å². The highest BCUT2D eigenvalue weighted by atomic mass is 19.4. The van der Waals surface area contributed by atoms with Crippen LogP contribution in [0.2, 0.25) is 0 Å². The number of likely N-dealkylation sites (tertiary alicyclic amines) is 1. The summed E-state index contributed by atoms with van der Waals surface area (Å²) in [7, 11) is 0. The molecule has 2 saturated heterocycles. The number of aromatic nitrogens is 3. The van der Waals surface area contributed by atoms with E-state index < -0.39 is 12.1 Å². The molecule has 10 heteroatoms. The van der Waals surface area contributed by atoms with Crippen LogP contribution in [0.25, 0.3) is 11.3 Å². The maximum Gasteiger partial charge on any atom is 0.573 e. The highest BCUT2D eigenvalue weighted by molar-refractivity contribution is 5.64. The SMILES string of the molecule is CCC(C)n1nc(-c2cnc(N)c(OC(F)(F)F)c2)cc1C1[C@H]2CC(N3CC4(CCCO4)C3)C[C@@H]12. The van der Waals surface area contributed by atoms with Gasteiger partial charge in [0.05, 0.1) is 11.3 Å². The summed E-state index contributed by atoms with van der Waals surface area (Å²) in [5.74, 6) is 0.932. The van der Waals surface area contributed by atoms with Crippen LogP contribution in [0.1, 0.15) is 63.6 Å². The molecule has 4 fully saturated rings. The molecule has 2 aliphatic carbocycles. The van der Waals surface area contributed by atoms with Crippen molar-refractivity contribution in [2.75, 3.05) is 25.4 Å². The number of nitrogens with zero attached hydrogens (tertiary/aromatic N) is 4. The third kappa shape index (κ3) is 4.08. The van der Waals surface area contributed by atoms with Crippen molar-refractivity contribution in [3.05, 3.63) is 24.0 Å². The molecule has 0 bridgehead atoms. The number of pyridine rings is 1. The van der Waals surface area contributed by atoms with E-state index in [-0.39, 0.29) is 17.5 Å². The van der Waals surface area contributed by atoms with E-state index in [4.69, 9.17) is 15.6 Å². The largest absolute Gasteiger partial charge is 0.573 e. The highest BCUT2D eigenvalue weighted by Gasteiger charge is 2.61. The smallest absolute Gasteiger partial charge is 0.402 e. The number of ether oxygens (including phenoxy) is 2. The first-order chi connectivity index (χ1) is 16.7. The van der Waals surface area contributed by atoms with Gasteiger partial charge in [-0.25, -0.2) is 4.98 Å². The number of alkyl halides is 3. The minimum atomic E-state index is -4.84. The van der Waals surface area contributed by atoms with Crippen molar-refractivity contribution in [1.29, 1.82) is 0 Å². The number of rotatable bonds is 6. The Bertz CT molecular complexity index is 1090. The summed E-state index contributed by atoms with van der Waals surface area (Å²) in [6.45, 7) is 7.29. The molecule has 0 aromatic carbocycles. The van der Waals surface area contributed by atoms with Gasteiger partial charge < -0.3 is 15.2 Å². The molecule has 2 aromatic rings. The fraction of sp³-hybridized carbons (Fsp3) is 0.680. The highest BCUT2D eigenvalue weighted by Crippen LogP contribution is 2.65. The van der Waals surface area contributed by atoms with E-state index in [1.165, 1.54) is 43.6 Å². The van der Waals surface area contributed by atoms with E-state index in [0.717, 1.165) is 26.1 Å². The van der Waals surface area contributed by atoms with Crippen LogP contribution in [0.5, 0.6) is 5.75 Å². The quantitative estimate of drug-likeness (QED) is 0.628. The summed E-state index contributed by atoms with van der Waals surface area (Å²) in [6, 6.07) is 4.13. The molecule has 190 valence electrons. The number of hydrogen-bond acceptors (Lipinski definition) is 6. The molecule has 35 heavy (non-hydrogen) atoms. The van der Waals surface area contributed by atoms with E-state index in [2.05, 4.69) is 33.2 Å². The van der Waals surface area contributed by atoms with Crippen LogP contribution in [-0.2, 0) is 4.74 Å². The Morgan fingerprint density at radius 3 is 2.63 bits per heavy atom. The van der Waals surface area contributed by atoms with Crippen LogP contribution >= 0.6 is 0 Å². The minimum Gasteiger partial charge on any atom is -0.402 e. The zero-order valence-corrected chi connectivity index (χ0v) is 20.1. The molecule has 6 rings (SSSR count). The maximum atomic E-state index is 12.8. The van der Waals surface area contributed by atoms with Crippen molar-refractivity contribution >= 4 is 5.82 Å². The lowest BCUT2D eigenvalue weighted by Gasteiger charge is -2.50. The second kappa shape index (κ2) is 8.09. The molecular weight excluding hydrogens is 459 g/mol. The first-order valence-electron chi connectivity index (χ1n) is 12.7. The molecular formula is C25H32F3N5O2. The van der Waals surface area contributed by atoms with E-state index >= 15 is 0 Å². The standard InChI is InChI=1S/C25H32F3N5O2/c1-3-14(2)33-20(10-19(31-33)15-7-21(23(29)30-11-15)35-25(26,27)28)22-17-8-16(9-18(17)22)32-12-24(13-32)5-4-6-34-24/h7,10-11,14,16-18,22H,3-6,8-9,12-13H2,1-2H3,(H2,29,30)/t14?,16?,17-,18+,22?. The fourth-order valence-corrected chi connectivity index (χ4v) is 6.63. The first-order valence-corrected chi connectivity index (χ1v) is 12.7. The average molecular weight is 492 g/mol. The number of anilines is 1. The molecule has 4 heterocycles. The van der Waals surface area contributed by atoms with Gasteiger partial charge in [0.15, 0.2) is 11.6 Å². The van der Waals surface area contributed by atoms with Crippen molar-refractivity contribution in [3.8, 4) is 17.0 Å². The molecule has 2 saturated carbocycles. The van der Waals surface area contributed by atoms with Gasteiger partial charge in [-0.2, -0.15) is 5.10 Å². The molecule has 2 N–H and O–H groups in total. The lowest BCUT2D eigenvalue weighted by Crippen LogP contribution is -2.64. The molecule has 2 aliphatic heterocycles. The Hall–Kier alpha value is -2.33. The van der Waals surface area contributed by atoms with Gasteiger partial charge in [0.1, 0.15) is 0 Å². The maximum absolute atomic E-state index is 12.8. The topological polar surface area (TPSA) is 78.4 Å². The summed E-state index contributed by atoms with van der Waals surface area (Å²) in [5.41, 5.74) is 8.00. The van der Waals surface area contributed by atoms with Gasteiger partial charge in [0.25, 0.3) is 0 Å². The van der Waals surface area contributed by atoms with Gasteiger partial charge in [-0.1, -0.05) is 6.92 Å². The van der Waals surface area contributed by atoms with Gasteiger partial charge in [0, 0.05) is 55.2 Å². The van der Waals surface area contributed by atoms with Gasteiger partial charge >= 0.3 is 6.36 Å². The Morgan fingerprint density at radius 1 is 1.26 bits per heavy atom. The summed E-state index contributed by atoms with van der Waals surface area (Å²) >= 11 is 0. The number of fused-ring (bicyclic) bond motifs is 1. The van der Waals surface area contributed by atoms with Gasteiger partial charge in [-0.3, -0.25) is 9.58 Å². The zero-order valence-electron chi connectivity index (χ0n) is 20.1. The Morgan fingerprint density at radius 2 is 2.00 bits per heavy atom. The molecule has 3 unspecified atom stereocenters. The van der Waals surface area contributed by atoms with Crippen LogP contribution in [0.4, 0.5) is 19.0 Å². The average Bonchev–Trinajstić information content (AvgIpc) is 3.27. The fourth-order valence-electron chi connectivity index (χ4n) is 6.63. The number of halogens is 3. The van der Waals surface area contributed by atoms with E-state index in [0.29, 0.717) is 35.1 Å². The molecule has 0 radical (unpaired) electrons. The first kappa shape index (κ1) is 23.1. The second-order valence-electron chi connectivity index (χ2n) is 10.8. The third-order valence-corrected chi connectivity index (χ3v) is 8.62. The molecule has 5 atom stereocenters. The van der Waals surface area contributed by atoms with Gasteiger partial charge in [-0.05, 0) is 63.0 Å². The molecule has 4 aliphatic rings. The van der Waals surface area contributed by atoms with E-state index in [9.17, 15) is 13.2 Å². The molecule has 1 spiro atoms. The Kier molecular flexibility index (Phi) is 5.34. The van der Waals surface area contributed by atoms with E-state index in [1.807, 2.05) is 6.07 Å². The van der Waals surface area contributed by atoms with Crippen molar-refractivity contribution in [2.45, 2.75) is 75.9 Å². The summed E-state index contributed by atoms with van der Waals surface area (Å²) in [6.07, 6.45) is 2.30. The third-order valence-electron chi connectivity index (χ3n) is 8.62. The summed E-state index contributed by atoms with van der Waals surface area (Å²) in [4.78, 5) is 6.53. The van der Waals surface area contributed by atoms with Crippen LogP contribution in [0.3, 0.4) is 0 Å². The molecule has 0 amide bonds. The van der Waals surface area contributed by atoms with Crippen LogP contribution in [0, 0.1) is 11.8 Å². The van der Waals surface area contributed by atoms with Crippen molar-refractivity contribution in [2.24, 2.45) is 11.8 Å². The number of nitrogens with two attached hydrogens (primary N) is 1. The number of hydrogen-bond donors (Lipinski definition) is 1. The lowest BCUT2D eigenvalue weighted by molar-refractivity contribution is -0.274. The van der Waals surface area contributed by atoms with Crippen LogP contribution in [-0.4, -0.2) is 57.4 Å². The predicted octanol–water partition coefficient (Wildman–Crippen LogP) is 4.75. The van der Waals surface area contributed by atoms with Crippen molar-refractivity contribution in [1.82, 2.24) is 19.7 Å². The molecule has 7 nitrogen and oxygen atoms in total. The van der Waals surface area contributed by atoms with Crippen molar-refractivity contribution < 1.29 is 22.6 Å². The number of nitrogen functional groups attached to an aromatic ring is 1.